The molecule has 1 aliphatic heterocycles. The minimum absolute atomic E-state index is 1.09. The van der Waals surface area contributed by atoms with Crippen molar-refractivity contribution < 1.29 is 0 Å². The summed E-state index contributed by atoms with van der Waals surface area (Å²) in [6.45, 7) is 3.27. The van der Waals surface area contributed by atoms with E-state index in [2.05, 4.69) is 40.3 Å². The first-order valence-electron chi connectivity index (χ1n) is 4.50. The van der Waals surface area contributed by atoms with Crippen molar-refractivity contribution in [2.24, 2.45) is 0 Å². The van der Waals surface area contributed by atoms with Crippen molar-refractivity contribution in [2.45, 2.75) is 18.2 Å². The summed E-state index contributed by atoms with van der Waals surface area (Å²) in [5.41, 5.74) is 2.76. The summed E-state index contributed by atoms with van der Waals surface area (Å²) in [7, 11) is 0. The lowest BCUT2D eigenvalue weighted by Gasteiger charge is -2.06. The molecule has 0 saturated carbocycles. The number of nitrogens with one attached hydrogen (secondary N) is 1. The standard InChI is InChI=1S/C10H12BrNS/c1-2-13-10-5-7-3-4-12-9(7)6-8(10)11/h5-6,12H,2-4H2,1H3. The van der Waals surface area contributed by atoms with Crippen LogP contribution in [-0.2, 0) is 6.42 Å². The summed E-state index contributed by atoms with van der Waals surface area (Å²) in [5.74, 6) is 1.13. The Balaban J connectivity index is 2.37. The smallest absolute Gasteiger partial charge is 0.0385 e. The molecule has 1 aromatic carbocycles. The summed E-state index contributed by atoms with van der Waals surface area (Å²) in [6.07, 6.45) is 1.17. The van der Waals surface area contributed by atoms with Gasteiger partial charge in [-0.25, -0.2) is 0 Å². The van der Waals surface area contributed by atoms with Crippen LogP contribution in [-0.4, -0.2) is 12.3 Å². The molecule has 2 rings (SSSR count). The first-order valence-corrected chi connectivity index (χ1v) is 6.28. The Kier molecular flexibility index (Phi) is 2.84. The van der Waals surface area contributed by atoms with E-state index in [-0.39, 0.29) is 0 Å². The maximum Gasteiger partial charge on any atom is 0.0385 e. The highest BCUT2D eigenvalue weighted by atomic mass is 79.9. The normalized spacial score (nSPS) is 14.0. The van der Waals surface area contributed by atoms with E-state index in [1.54, 1.807) is 0 Å². The Morgan fingerprint density at radius 1 is 1.54 bits per heavy atom. The van der Waals surface area contributed by atoms with Crippen LogP contribution < -0.4 is 5.32 Å². The lowest BCUT2D eigenvalue weighted by molar-refractivity contribution is 1.10. The van der Waals surface area contributed by atoms with Crippen LogP contribution in [0.2, 0.25) is 0 Å². The van der Waals surface area contributed by atoms with Gasteiger partial charge in [0.05, 0.1) is 0 Å². The molecule has 0 unspecified atom stereocenters. The van der Waals surface area contributed by atoms with Crippen molar-refractivity contribution in [3.05, 3.63) is 22.2 Å². The lowest BCUT2D eigenvalue weighted by atomic mass is 10.2. The minimum atomic E-state index is 1.09. The monoisotopic (exact) mass is 257 g/mol. The third kappa shape index (κ3) is 1.86. The van der Waals surface area contributed by atoms with Crippen molar-refractivity contribution in [1.29, 1.82) is 0 Å². The average Bonchev–Trinajstić information content (AvgIpc) is 2.52. The quantitative estimate of drug-likeness (QED) is 0.814. The van der Waals surface area contributed by atoms with Crippen LogP contribution in [0.4, 0.5) is 5.69 Å². The molecule has 70 valence electrons. The molecule has 3 heteroatoms. The molecule has 0 spiro atoms. The number of anilines is 1. The molecule has 0 amide bonds. The van der Waals surface area contributed by atoms with E-state index in [9.17, 15) is 0 Å². The van der Waals surface area contributed by atoms with Gasteiger partial charge in [0.25, 0.3) is 0 Å². The number of fused-ring (bicyclic) bond motifs is 1. The Hall–Kier alpha value is -0.150. The molecule has 13 heavy (non-hydrogen) atoms. The molecule has 1 nitrogen and oxygen atoms in total. The van der Waals surface area contributed by atoms with Gasteiger partial charge in [-0.2, -0.15) is 0 Å². The zero-order valence-corrected chi connectivity index (χ0v) is 9.96. The van der Waals surface area contributed by atoms with Crippen LogP contribution in [0.3, 0.4) is 0 Å². The van der Waals surface area contributed by atoms with E-state index in [4.69, 9.17) is 0 Å². The Morgan fingerprint density at radius 2 is 2.38 bits per heavy atom. The molecule has 1 aromatic rings. The fraction of sp³-hybridized carbons (Fsp3) is 0.400. The Labute approximate surface area is 91.4 Å². The van der Waals surface area contributed by atoms with Crippen molar-refractivity contribution in [3.63, 3.8) is 0 Å². The summed E-state index contributed by atoms with van der Waals surface area (Å²) < 4.78 is 1.22. The Bertz CT molecular complexity index is 325. The van der Waals surface area contributed by atoms with Crippen LogP contribution in [0.25, 0.3) is 0 Å². The van der Waals surface area contributed by atoms with Gasteiger partial charge in [0.1, 0.15) is 0 Å². The molecule has 0 bridgehead atoms. The van der Waals surface area contributed by atoms with Crippen molar-refractivity contribution in [3.8, 4) is 0 Å². The highest BCUT2D eigenvalue weighted by molar-refractivity contribution is 9.10. The highest BCUT2D eigenvalue weighted by Gasteiger charge is 2.12. The van der Waals surface area contributed by atoms with E-state index in [0.29, 0.717) is 0 Å². The van der Waals surface area contributed by atoms with E-state index >= 15 is 0 Å². The molecule has 0 aliphatic carbocycles. The number of hydrogen-bond donors (Lipinski definition) is 1. The molecular weight excluding hydrogens is 246 g/mol. The number of benzene rings is 1. The van der Waals surface area contributed by atoms with Gasteiger partial charge in [0.2, 0.25) is 0 Å². The van der Waals surface area contributed by atoms with E-state index < -0.39 is 0 Å². The van der Waals surface area contributed by atoms with Gasteiger partial charge in [0, 0.05) is 21.6 Å². The second-order valence-electron chi connectivity index (χ2n) is 3.05. The second-order valence-corrected chi connectivity index (χ2v) is 5.21. The van der Waals surface area contributed by atoms with Gasteiger partial charge < -0.3 is 5.32 Å². The topological polar surface area (TPSA) is 12.0 Å². The van der Waals surface area contributed by atoms with E-state index in [1.165, 1.54) is 27.0 Å². The van der Waals surface area contributed by atoms with Gasteiger partial charge in [-0.05, 0) is 45.8 Å². The van der Waals surface area contributed by atoms with Crippen molar-refractivity contribution in [1.82, 2.24) is 0 Å². The van der Waals surface area contributed by atoms with Crippen molar-refractivity contribution >= 4 is 33.4 Å². The van der Waals surface area contributed by atoms with E-state index in [0.717, 1.165) is 12.3 Å². The molecular formula is C10H12BrNS. The van der Waals surface area contributed by atoms with Gasteiger partial charge >= 0.3 is 0 Å². The zero-order chi connectivity index (χ0) is 9.26. The molecule has 0 fully saturated rings. The third-order valence-electron chi connectivity index (χ3n) is 2.17. The largest absolute Gasteiger partial charge is 0.384 e. The maximum atomic E-state index is 3.59. The van der Waals surface area contributed by atoms with Crippen LogP contribution in [0.5, 0.6) is 0 Å². The second kappa shape index (κ2) is 3.93. The molecule has 0 atom stereocenters. The fourth-order valence-electron chi connectivity index (χ4n) is 1.56. The van der Waals surface area contributed by atoms with Gasteiger partial charge in [-0.3, -0.25) is 0 Å². The summed E-state index contributed by atoms with van der Waals surface area (Å²) in [6, 6.07) is 4.49. The van der Waals surface area contributed by atoms with Crippen LogP contribution in [0, 0.1) is 0 Å². The number of rotatable bonds is 2. The molecule has 1 aliphatic rings. The predicted octanol–water partition coefficient (Wildman–Crippen LogP) is 3.53. The first-order chi connectivity index (χ1) is 6.31. The number of hydrogen-bond acceptors (Lipinski definition) is 2. The number of thioether (sulfide) groups is 1. The van der Waals surface area contributed by atoms with Crippen LogP contribution in [0.1, 0.15) is 12.5 Å². The van der Waals surface area contributed by atoms with Crippen LogP contribution in [0.15, 0.2) is 21.5 Å². The van der Waals surface area contributed by atoms with Gasteiger partial charge in [-0.1, -0.05) is 6.92 Å². The first kappa shape index (κ1) is 9.41. The maximum absolute atomic E-state index is 3.59. The molecule has 1 heterocycles. The van der Waals surface area contributed by atoms with E-state index in [1.807, 2.05) is 11.8 Å². The van der Waals surface area contributed by atoms with Gasteiger partial charge in [0.15, 0.2) is 0 Å². The summed E-state index contributed by atoms with van der Waals surface area (Å²) in [5, 5.41) is 3.37. The average molecular weight is 258 g/mol. The molecule has 0 radical (unpaired) electrons. The third-order valence-corrected chi connectivity index (χ3v) is 4.02. The summed E-state index contributed by atoms with van der Waals surface area (Å²) in [4.78, 5) is 1.37. The zero-order valence-electron chi connectivity index (χ0n) is 7.56. The van der Waals surface area contributed by atoms with Gasteiger partial charge in [-0.15, -0.1) is 11.8 Å². The SMILES string of the molecule is CCSc1cc2c(cc1Br)NCC2. The lowest BCUT2D eigenvalue weighted by Crippen LogP contribution is -1.90. The predicted molar refractivity (Wildman–Crippen MR) is 62.7 cm³/mol. The minimum Gasteiger partial charge on any atom is -0.384 e. The molecule has 0 saturated heterocycles. The van der Waals surface area contributed by atoms with Crippen molar-refractivity contribution in [2.75, 3.05) is 17.6 Å². The molecule has 0 aromatic heterocycles. The van der Waals surface area contributed by atoms with Crippen LogP contribution >= 0.6 is 27.7 Å². The highest BCUT2D eigenvalue weighted by Crippen LogP contribution is 2.34. The molecule has 1 N–H and O–H groups in total. The summed E-state index contributed by atoms with van der Waals surface area (Å²) >= 11 is 5.48. The Morgan fingerprint density at radius 3 is 3.15 bits per heavy atom. The number of halogens is 1. The fourth-order valence-corrected chi connectivity index (χ4v) is 2.99.